The zero-order chi connectivity index (χ0) is 14.0. The van der Waals surface area contributed by atoms with Crippen LogP contribution in [0.15, 0.2) is 24.3 Å². The maximum atomic E-state index is 6.43. The molecule has 19 heavy (non-hydrogen) atoms. The number of rotatable bonds is 4. The Balaban J connectivity index is 2.01. The third-order valence-electron chi connectivity index (χ3n) is 3.82. The molecule has 2 aromatic rings. The lowest BCUT2D eigenvalue weighted by Crippen LogP contribution is -2.29. The van der Waals surface area contributed by atoms with E-state index in [1.54, 1.807) is 11.3 Å². The van der Waals surface area contributed by atoms with Gasteiger partial charge in [0.1, 0.15) is 0 Å². The van der Waals surface area contributed by atoms with Gasteiger partial charge in [0.2, 0.25) is 0 Å². The summed E-state index contributed by atoms with van der Waals surface area (Å²) in [7, 11) is 0. The smallest absolute Gasteiger partial charge is 0.0636 e. The predicted molar refractivity (Wildman–Crippen MR) is 87.2 cm³/mol. The molecule has 0 amide bonds. The van der Waals surface area contributed by atoms with Crippen LogP contribution in [0.4, 0.5) is 0 Å². The number of hydrogen-bond acceptors (Lipinski definition) is 2. The van der Waals surface area contributed by atoms with Crippen LogP contribution in [0.2, 0.25) is 5.02 Å². The molecule has 0 saturated heterocycles. The molecule has 0 aliphatic rings. The van der Waals surface area contributed by atoms with Gasteiger partial charge in [-0.1, -0.05) is 57.5 Å². The molecule has 2 rings (SSSR count). The van der Waals surface area contributed by atoms with Crippen molar-refractivity contribution >= 4 is 33.0 Å². The Morgan fingerprint density at radius 3 is 2.58 bits per heavy atom. The molecule has 0 fully saturated rings. The molecule has 104 valence electrons. The molecular formula is C16H22ClNS. The Labute approximate surface area is 125 Å². The van der Waals surface area contributed by atoms with Crippen LogP contribution in [0.1, 0.15) is 32.6 Å². The first-order valence-electron chi connectivity index (χ1n) is 6.76. The fourth-order valence-corrected chi connectivity index (χ4v) is 3.36. The van der Waals surface area contributed by atoms with Crippen LogP contribution in [0.25, 0.3) is 10.1 Å². The zero-order valence-corrected chi connectivity index (χ0v) is 13.7. The van der Waals surface area contributed by atoms with E-state index in [1.165, 1.54) is 15.0 Å². The Kier molecular flexibility index (Phi) is 4.54. The summed E-state index contributed by atoms with van der Waals surface area (Å²) in [5.41, 5.74) is 0.344. The van der Waals surface area contributed by atoms with Crippen molar-refractivity contribution < 1.29 is 0 Å². The monoisotopic (exact) mass is 295 g/mol. The van der Waals surface area contributed by atoms with Crippen LogP contribution >= 0.6 is 22.9 Å². The zero-order valence-electron chi connectivity index (χ0n) is 12.1. The summed E-state index contributed by atoms with van der Waals surface area (Å²) in [6, 6.07) is 8.33. The molecule has 0 bridgehead atoms. The highest BCUT2D eigenvalue weighted by molar-refractivity contribution is 7.19. The molecule has 1 aromatic carbocycles. The number of fused-ring (bicyclic) bond motifs is 1. The summed E-state index contributed by atoms with van der Waals surface area (Å²) < 4.78 is 1.27. The maximum absolute atomic E-state index is 6.43. The summed E-state index contributed by atoms with van der Waals surface area (Å²) in [6.07, 6.45) is 0. The molecule has 0 aliphatic carbocycles. The van der Waals surface area contributed by atoms with E-state index >= 15 is 0 Å². The van der Waals surface area contributed by atoms with Crippen molar-refractivity contribution in [3.63, 3.8) is 0 Å². The van der Waals surface area contributed by atoms with Crippen molar-refractivity contribution in [1.82, 2.24) is 5.32 Å². The van der Waals surface area contributed by atoms with E-state index in [0.717, 1.165) is 18.1 Å². The lowest BCUT2D eigenvalue weighted by Gasteiger charge is -2.27. The van der Waals surface area contributed by atoms with Gasteiger partial charge in [0.05, 0.1) is 5.02 Å². The van der Waals surface area contributed by atoms with E-state index in [1.807, 2.05) is 6.07 Å². The van der Waals surface area contributed by atoms with Gasteiger partial charge < -0.3 is 5.32 Å². The van der Waals surface area contributed by atoms with Gasteiger partial charge >= 0.3 is 0 Å². The standard InChI is InChI=1S/C16H22ClNS/c1-11(16(2,3)4)9-18-10-14-15(17)12-7-5-6-8-13(12)19-14/h5-8,11,18H,9-10H2,1-4H3. The highest BCUT2D eigenvalue weighted by Crippen LogP contribution is 2.35. The molecule has 1 aromatic heterocycles. The minimum atomic E-state index is 0.344. The van der Waals surface area contributed by atoms with Crippen molar-refractivity contribution in [1.29, 1.82) is 0 Å². The quantitative estimate of drug-likeness (QED) is 0.804. The minimum Gasteiger partial charge on any atom is -0.312 e. The Morgan fingerprint density at radius 2 is 1.95 bits per heavy atom. The second-order valence-electron chi connectivity index (χ2n) is 6.23. The summed E-state index contributed by atoms with van der Waals surface area (Å²) in [4.78, 5) is 1.24. The number of nitrogens with one attached hydrogen (secondary N) is 1. The molecule has 1 heterocycles. The van der Waals surface area contributed by atoms with E-state index in [2.05, 4.69) is 51.2 Å². The van der Waals surface area contributed by atoms with E-state index in [9.17, 15) is 0 Å². The molecule has 1 nitrogen and oxygen atoms in total. The lowest BCUT2D eigenvalue weighted by molar-refractivity contribution is 0.253. The number of halogens is 1. The third kappa shape index (κ3) is 3.50. The van der Waals surface area contributed by atoms with E-state index in [4.69, 9.17) is 11.6 Å². The van der Waals surface area contributed by atoms with Crippen molar-refractivity contribution in [2.24, 2.45) is 11.3 Å². The molecule has 0 saturated carbocycles. The second-order valence-corrected chi connectivity index (χ2v) is 7.75. The summed E-state index contributed by atoms with van der Waals surface area (Å²) in [5.74, 6) is 0.639. The molecule has 1 N–H and O–H groups in total. The van der Waals surface area contributed by atoms with Gasteiger partial charge in [0.25, 0.3) is 0 Å². The van der Waals surface area contributed by atoms with Crippen LogP contribution in [0, 0.1) is 11.3 Å². The van der Waals surface area contributed by atoms with E-state index < -0.39 is 0 Å². The summed E-state index contributed by atoms with van der Waals surface area (Å²) in [6.45, 7) is 11.0. The fourth-order valence-electron chi connectivity index (χ4n) is 1.89. The highest BCUT2D eigenvalue weighted by Gasteiger charge is 2.19. The van der Waals surface area contributed by atoms with E-state index in [-0.39, 0.29) is 0 Å². The van der Waals surface area contributed by atoms with Gasteiger partial charge in [0.15, 0.2) is 0 Å². The topological polar surface area (TPSA) is 12.0 Å². The Hall–Kier alpha value is -0.570. The first-order chi connectivity index (χ1) is 8.89. The number of thiophene rings is 1. The van der Waals surface area contributed by atoms with Crippen LogP contribution in [-0.4, -0.2) is 6.54 Å². The molecule has 3 heteroatoms. The Bertz CT molecular complexity index is 553. The summed E-state index contributed by atoms with van der Waals surface area (Å²) >= 11 is 8.22. The van der Waals surface area contributed by atoms with Crippen LogP contribution < -0.4 is 5.32 Å². The lowest BCUT2D eigenvalue weighted by atomic mass is 9.82. The molecule has 0 aliphatic heterocycles. The minimum absolute atomic E-state index is 0.344. The molecule has 1 atom stereocenters. The fraction of sp³-hybridized carbons (Fsp3) is 0.500. The first-order valence-corrected chi connectivity index (χ1v) is 7.95. The average Bonchev–Trinajstić information content (AvgIpc) is 2.66. The normalized spacial score (nSPS) is 13.9. The van der Waals surface area contributed by atoms with Crippen LogP contribution in [-0.2, 0) is 6.54 Å². The van der Waals surface area contributed by atoms with Gasteiger partial charge in [-0.3, -0.25) is 0 Å². The van der Waals surface area contributed by atoms with Crippen LogP contribution in [0.3, 0.4) is 0 Å². The number of hydrogen-bond donors (Lipinski definition) is 1. The van der Waals surface area contributed by atoms with Crippen molar-refractivity contribution in [3.8, 4) is 0 Å². The van der Waals surface area contributed by atoms with Gasteiger partial charge in [-0.15, -0.1) is 11.3 Å². The first kappa shape index (κ1) is 14.8. The molecule has 0 spiro atoms. The summed E-state index contributed by atoms with van der Waals surface area (Å²) in [5, 5.41) is 5.62. The van der Waals surface area contributed by atoms with Crippen molar-refractivity contribution in [2.45, 2.75) is 34.2 Å². The largest absolute Gasteiger partial charge is 0.312 e. The molecule has 1 unspecified atom stereocenters. The second kappa shape index (κ2) is 5.82. The van der Waals surface area contributed by atoms with Gasteiger partial charge in [-0.2, -0.15) is 0 Å². The van der Waals surface area contributed by atoms with Gasteiger partial charge in [0, 0.05) is 21.5 Å². The third-order valence-corrected chi connectivity index (χ3v) is 5.53. The van der Waals surface area contributed by atoms with Crippen LogP contribution in [0.5, 0.6) is 0 Å². The van der Waals surface area contributed by atoms with Gasteiger partial charge in [-0.05, 0) is 23.9 Å². The number of benzene rings is 1. The molecular weight excluding hydrogens is 274 g/mol. The predicted octanol–water partition coefficient (Wildman–Crippen LogP) is 5.33. The average molecular weight is 296 g/mol. The maximum Gasteiger partial charge on any atom is 0.0636 e. The highest BCUT2D eigenvalue weighted by atomic mass is 35.5. The SMILES string of the molecule is CC(CNCc1sc2ccccc2c1Cl)C(C)(C)C. The van der Waals surface area contributed by atoms with Gasteiger partial charge in [-0.25, -0.2) is 0 Å². The van der Waals surface area contributed by atoms with Crippen molar-refractivity contribution in [3.05, 3.63) is 34.2 Å². The van der Waals surface area contributed by atoms with Crippen molar-refractivity contribution in [2.75, 3.05) is 6.54 Å². The molecule has 0 radical (unpaired) electrons. The Morgan fingerprint density at radius 1 is 1.26 bits per heavy atom. The van der Waals surface area contributed by atoms with E-state index in [0.29, 0.717) is 11.3 Å².